The van der Waals surface area contributed by atoms with Crippen LogP contribution in [0, 0.1) is 0 Å². The van der Waals surface area contributed by atoms with Gasteiger partial charge in [0.2, 0.25) is 0 Å². The van der Waals surface area contributed by atoms with Gasteiger partial charge >= 0.3 is 0 Å². The van der Waals surface area contributed by atoms with E-state index in [1.807, 2.05) is 0 Å². The lowest BCUT2D eigenvalue weighted by Crippen LogP contribution is -2.16. The van der Waals surface area contributed by atoms with E-state index in [2.05, 4.69) is 207 Å². The minimum Gasteiger partial charge on any atom is -0.310 e. The summed E-state index contributed by atoms with van der Waals surface area (Å²) in [6.07, 6.45) is 0. The Hall–Kier alpha value is -6.18. The number of fused-ring (bicyclic) bond motifs is 4. The van der Waals surface area contributed by atoms with Crippen molar-refractivity contribution in [1.29, 1.82) is 0 Å². The van der Waals surface area contributed by atoms with E-state index >= 15 is 0 Å². The number of rotatable bonds is 6. The fourth-order valence-electron chi connectivity index (χ4n) is 7.88. The number of benzene rings is 8. The van der Waals surface area contributed by atoms with Gasteiger partial charge < -0.3 is 4.90 Å². The van der Waals surface area contributed by atoms with Crippen molar-refractivity contribution >= 4 is 27.8 Å². The van der Waals surface area contributed by atoms with Gasteiger partial charge in [0, 0.05) is 22.5 Å². The van der Waals surface area contributed by atoms with Crippen molar-refractivity contribution in [2.24, 2.45) is 0 Å². The van der Waals surface area contributed by atoms with E-state index in [0.717, 1.165) is 17.1 Å². The van der Waals surface area contributed by atoms with Gasteiger partial charge in [0.15, 0.2) is 0 Å². The molecule has 0 aliphatic heterocycles. The Kier molecular flexibility index (Phi) is 7.21. The quantitative estimate of drug-likeness (QED) is 0.175. The highest BCUT2D eigenvalue weighted by atomic mass is 15.1. The SMILES string of the molecule is CC1(C)c2ccccc2-c2ccc(N(c3ccc(-c4ccccc4)cc3)c3cccc(-c4cccc(-c5cccc6ccccc56)c4)c3)cc21. The maximum absolute atomic E-state index is 2.41. The van der Waals surface area contributed by atoms with Crippen molar-refractivity contribution < 1.29 is 0 Å². The van der Waals surface area contributed by atoms with Crippen LogP contribution in [0.1, 0.15) is 25.0 Å². The summed E-state index contributed by atoms with van der Waals surface area (Å²) in [7, 11) is 0. The summed E-state index contributed by atoms with van der Waals surface area (Å²) in [5.74, 6) is 0. The molecule has 0 aromatic heterocycles. The highest BCUT2D eigenvalue weighted by Gasteiger charge is 2.35. The van der Waals surface area contributed by atoms with Crippen molar-refractivity contribution in [2.45, 2.75) is 19.3 Å². The van der Waals surface area contributed by atoms with E-state index in [9.17, 15) is 0 Å². The molecule has 238 valence electrons. The Bertz CT molecular complexity index is 2500. The molecule has 0 atom stereocenters. The zero-order valence-corrected chi connectivity index (χ0v) is 28.3. The summed E-state index contributed by atoms with van der Waals surface area (Å²) >= 11 is 0. The maximum atomic E-state index is 2.41. The van der Waals surface area contributed by atoms with Crippen LogP contribution in [0.25, 0.3) is 55.3 Å². The summed E-state index contributed by atoms with van der Waals surface area (Å²) in [4.78, 5) is 2.41. The summed E-state index contributed by atoms with van der Waals surface area (Å²) in [6.45, 7) is 4.70. The molecule has 1 nitrogen and oxygen atoms in total. The van der Waals surface area contributed by atoms with E-state index in [-0.39, 0.29) is 5.41 Å². The molecule has 0 radical (unpaired) electrons. The highest BCUT2D eigenvalue weighted by molar-refractivity contribution is 5.97. The van der Waals surface area contributed by atoms with Gasteiger partial charge in [-0.3, -0.25) is 0 Å². The standard InChI is InChI=1S/C49H37N/c1-49(2)47-24-9-8-22-45(47)46-30-29-42(33-48(46)49)50(40-27-25-35(26-28-40)34-13-4-3-5-14-34)41-20-11-18-38(32-41)37-17-10-19-39(31-37)44-23-12-16-36-15-6-7-21-43(36)44/h3-33H,1-2H3. The van der Waals surface area contributed by atoms with Gasteiger partial charge in [0.25, 0.3) is 0 Å². The summed E-state index contributed by atoms with van der Waals surface area (Å²) in [5.41, 5.74) is 16.0. The highest BCUT2D eigenvalue weighted by Crippen LogP contribution is 2.50. The smallest absolute Gasteiger partial charge is 0.0467 e. The molecule has 1 aliphatic rings. The molecule has 0 N–H and O–H groups in total. The average molecular weight is 640 g/mol. The van der Waals surface area contributed by atoms with Gasteiger partial charge in [-0.05, 0) is 109 Å². The molecule has 0 amide bonds. The molecule has 0 unspecified atom stereocenters. The molecule has 50 heavy (non-hydrogen) atoms. The van der Waals surface area contributed by atoms with Crippen LogP contribution in [0.4, 0.5) is 17.1 Å². The second-order valence-electron chi connectivity index (χ2n) is 13.8. The molecule has 0 heterocycles. The molecule has 1 aliphatic carbocycles. The van der Waals surface area contributed by atoms with Crippen molar-refractivity contribution in [3.63, 3.8) is 0 Å². The zero-order valence-electron chi connectivity index (χ0n) is 28.3. The van der Waals surface area contributed by atoms with Gasteiger partial charge in [-0.1, -0.05) is 159 Å². The first-order valence-electron chi connectivity index (χ1n) is 17.4. The predicted octanol–water partition coefficient (Wildman–Crippen LogP) is 13.6. The van der Waals surface area contributed by atoms with Gasteiger partial charge in [-0.2, -0.15) is 0 Å². The maximum Gasteiger partial charge on any atom is 0.0467 e. The molecule has 9 rings (SSSR count). The van der Waals surface area contributed by atoms with Crippen molar-refractivity contribution in [1.82, 2.24) is 0 Å². The Morgan fingerprint density at radius 1 is 0.340 bits per heavy atom. The van der Waals surface area contributed by atoms with Crippen molar-refractivity contribution in [2.75, 3.05) is 4.90 Å². The van der Waals surface area contributed by atoms with Crippen LogP contribution in [0.2, 0.25) is 0 Å². The third-order valence-electron chi connectivity index (χ3n) is 10.5. The first kappa shape index (κ1) is 29.9. The molecule has 8 aromatic rings. The third-order valence-corrected chi connectivity index (χ3v) is 10.5. The first-order chi connectivity index (χ1) is 24.5. The Balaban J connectivity index is 1.16. The van der Waals surface area contributed by atoms with Gasteiger partial charge in [0.1, 0.15) is 0 Å². The molecular formula is C49H37N. The Morgan fingerprint density at radius 2 is 0.900 bits per heavy atom. The molecule has 0 saturated carbocycles. The lowest BCUT2D eigenvalue weighted by Gasteiger charge is -2.28. The summed E-state index contributed by atoms with van der Waals surface area (Å²) < 4.78 is 0. The number of nitrogens with zero attached hydrogens (tertiary/aromatic N) is 1. The largest absolute Gasteiger partial charge is 0.310 e. The van der Waals surface area contributed by atoms with Crippen molar-refractivity contribution in [3.8, 4) is 44.5 Å². The average Bonchev–Trinajstić information content (AvgIpc) is 3.41. The van der Waals surface area contributed by atoms with Crippen LogP contribution in [0.15, 0.2) is 188 Å². The monoisotopic (exact) mass is 639 g/mol. The van der Waals surface area contributed by atoms with Crippen LogP contribution >= 0.6 is 0 Å². The molecule has 8 aromatic carbocycles. The second kappa shape index (κ2) is 12.1. The summed E-state index contributed by atoms with van der Waals surface area (Å²) in [5, 5.41) is 2.53. The minimum atomic E-state index is -0.0886. The van der Waals surface area contributed by atoms with E-state index in [1.54, 1.807) is 0 Å². The Morgan fingerprint density at radius 3 is 1.76 bits per heavy atom. The lowest BCUT2D eigenvalue weighted by molar-refractivity contribution is 0.660. The van der Waals surface area contributed by atoms with E-state index in [4.69, 9.17) is 0 Å². The van der Waals surface area contributed by atoms with Crippen LogP contribution in [-0.2, 0) is 5.41 Å². The third kappa shape index (κ3) is 5.11. The fourth-order valence-corrected chi connectivity index (χ4v) is 7.88. The Labute approximate surface area is 294 Å². The molecule has 0 fully saturated rings. The number of anilines is 3. The lowest BCUT2D eigenvalue weighted by atomic mass is 9.82. The van der Waals surface area contributed by atoms with E-state index in [1.165, 1.54) is 66.4 Å². The predicted molar refractivity (Wildman–Crippen MR) is 213 cm³/mol. The number of hydrogen-bond donors (Lipinski definition) is 0. The first-order valence-corrected chi connectivity index (χ1v) is 17.4. The molecular weight excluding hydrogens is 603 g/mol. The van der Waals surface area contributed by atoms with Crippen LogP contribution < -0.4 is 4.90 Å². The van der Waals surface area contributed by atoms with Crippen molar-refractivity contribution in [3.05, 3.63) is 199 Å². The molecule has 0 bridgehead atoms. The van der Waals surface area contributed by atoms with Gasteiger partial charge in [-0.25, -0.2) is 0 Å². The summed E-state index contributed by atoms with van der Waals surface area (Å²) in [6, 6.07) is 68.6. The fraction of sp³-hybridized carbons (Fsp3) is 0.0612. The van der Waals surface area contributed by atoms with Crippen LogP contribution in [0.3, 0.4) is 0 Å². The van der Waals surface area contributed by atoms with Gasteiger partial charge in [0.05, 0.1) is 0 Å². The molecule has 1 heteroatoms. The molecule has 0 saturated heterocycles. The molecule has 0 spiro atoms. The van der Waals surface area contributed by atoms with Crippen LogP contribution in [-0.4, -0.2) is 0 Å². The van der Waals surface area contributed by atoms with Crippen LogP contribution in [0.5, 0.6) is 0 Å². The second-order valence-corrected chi connectivity index (χ2v) is 13.8. The number of hydrogen-bond acceptors (Lipinski definition) is 1. The van der Waals surface area contributed by atoms with E-state index < -0.39 is 0 Å². The van der Waals surface area contributed by atoms with E-state index in [0.29, 0.717) is 0 Å². The topological polar surface area (TPSA) is 3.24 Å². The normalized spacial score (nSPS) is 12.8. The zero-order chi connectivity index (χ0) is 33.7. The minimum absolute atomic E-state index is 0.0886. The van der Waals surface area contributed by atoms with Gasteiger partial charge in [-0.15, -0.1) is 0 Å².